The van der Waals surface area contributed by atoms with Crippen LogP contribution in [0.25, 0.3) is 0 Å². The van der Waals surface area contributed by atoms with Gasteiger partial charge in [-0.05, 0) is 12.0 Å². The minimum Gasteiger partial charge on any atom is -0.481 e. The lowest BCUT2D eigenvalue weighted by molar-refractivity contribution is -0.152. The van der Waals surface area contributed by atoms with E-state index in [1.165, 1.54) is 0 Å². The van der Waals surface area contributed by atoms with Gasteiger partial charge >= 0.3 is 5.97 Å². The smallest absolute Gasteiger partial charge is 0.309 e. The van der Waals surface area contributed by atoms with Crippen LogP contribution in [0.1, 0.15) is 18.4 Å². The Kier molecular flexibility index (Phi) is 3.50. The average molecular weight is 278 g/mol. The van der Waals surface area contributed by atoms with Crippen LogP contribution in [0.3, 0.4) is 0 Å². The summed E-state index contributed by atoms with van der Waals surface area (Å²) in [7, 11) is 1.57. The van der Waals surface area contributed by atoms with Crippen molar-refractivity contribution in [1.82, 2.24) is 0 Å². The number of methoxy groups -OCH3 is 1. The largest absolute Gasteiger partial charge is 0.481 e. The molecule has 1 aromatic rings. The first-order valence-electron chi connectivity index (χ1n) is 6.74. The predicted molar refractivity (Wildman–Crippen MR) is 70.0 cm³/mol. The zero-order chi connectivity index (χ0) is 14.2. The Hall–Kier alpha value is -1.43. The number of carbonyl (C=O) groups is 1. The first-order valence-corrected chi connectivity index (χ1v) is 6.74. The molecule has 2 unspecified atom stereocenters. The van der Waals surface area contributed by atoms with Gasteiger partial charge in [-0.15, -0.1) is 0 Å². The van der Waals surface area contributed by atoms with Crippen LogP contribution in [0.15, 0.2) is 30.3 Å². The summed E-state index contributed by atoms with van der Waals surface area (Å²) < 4.78 is 16.9. The molecule has 20 heavy (non-hydrogen) atoms. The second-order valence-electron chi connectivity index (χ2n) is 5.35. The van der Waals surface area contributed by atoms with Crippen molar-refractivity contribution in [3.05, 3.63) is 35.9 Å². The Labute approximate surface area is 117 Å². The second-order valence-corrected chi connectivity index (χ2v) is 5.35. The van der Waals surface area contributed by atoms with Crippen LogP contribution < -0.4 is 0 Å². The van der Waals surface area contributed by atoms with E-state index >= 15 is 0 Å². The predicted octanol–water partition coefficient (Wildman–Crippen LogP) is 1.81. The zero-order valence-corrected chi connectivity index (χ0v) is 11.3. The topological polar surface area (TPSA) is 65.0 Å². The summed E-state index contributed by atoms with van der Waals surface area (Å²) in [5.41, 5.74) is 0.373. The van der Waals surface area contributed by atoms with Gasteiger partial charge in [0.2, 0.25) is 0 Å². The van der Waals surface area contributed by atoms with Crippen LogP contribution in [-0.4, -0.2) is 36.2 Å². The van der Waals surface area contributed by atoms with Crippen molar-refractivity contribution in [2.45, 2.75) is 37.4 Å². The summed E-state index contributed by atoms with van der Waals surface area (Å²) >= 11 is 0. The minimum atomic E-state index is -0.824. The summed E-state index contributed by atoms with van der Waals surface area (Å²) in [4.78, 5) is 11.2. The Morgan fingerprint density at radius 2 is 2.20 bits per heavy atom. The lowest BCUT2D eigenvalue weighted by Gasteiger charge is -2.18. The van der Waals surface area contributed by atoms with E-state index in [0.717, 1.165) is 5.56 Å². The molecule has 1 aliphatic heterocycles. The SMILES string of the molecule is CO[C@@H]1C[C@@H](OCc2ccccc2)C2(CC2C(=O)O)O1. The first-order chi connectivity index (χ1) is 9.65. The van der Waals surface area contributed by atoms with Crippen molar-refractivity contribution in [2.75, 3.05) is 7.11 Å². The third kappa shape index (κ3) is 2.32. The standard InChI is InChI=1S/C15H18O5/c1-18-13-7-12(15(20-13)8-11(15)14(16)17)19-9-10-5-3-2-4-6-10/h2-6,11-13H,7-9H2,1H3,(H,16,17)/t11?,12-,13+,15?/m1/s1. The van der Waals surface area contributed by atoms with E-state index in [2.05, 4.69) is 0 Å². The molecule has 1 heterocycles. The molecule has 5 heteroatoms. The highest BCUT2D eigenvalue weighted by molar-refractivity contribution is 5.76. The number of aliphatic carboxylic acids is 1. The molecule has 0 amide bonds. The van der Waals surface area contributed by atoms with Crippen LogP contribution >= 0.6 is 0 Å². The molecule has 5 nitrogen and oxygen atoms in total. The van der Waals surface area contributed by atoms with Gasteiger partial charge in [-0.1, -0.05) is 30.3 Å². The monoisotopic (exact) mass is 278 g/mol. The van der Waals surface area contributed by atoms with E-state index in [1.54, 1.807) is 7.11 Å². The number of ether oxygens (including phenoxy) is 3. The van der Waals surface area contributed by atoms with Crippen LogP contribution in [0, 0.1) is 5.92 Å². The van der Waals surface area contributed by atoms with Gasteiger partial charge in [0.25, 0.3) is 0 Å². The number of benzene rings is 1. The maximum atomic E-state index is 11.2. The third-order valence-electron chi connectivity index (χ3n) is 4.11. The fraction of sp³-hybridized carbons (Fsp3) is 0.533. The summed E-state index contributed by atoms with van der Waals surface area (Å²) in [6.45, 7) is 0.458. The molecule has 1 N–H and O–H groups in total. The summed E-state index contributed by atoms with van der Waals surface area (Å²) in [6, 6.07) is 9.82. The van der Waals surface area contributed by atoms with Gasteiger partial charge in [0.05, 0.1) is 18.6 Å². The third-order valence-corrected chi connectivity index (χ3v) is 4.11. The molecular formula is C15H18O5. The molecule has 2 fully saturated rings. The minimum absolute atomic E-state index is 0.228. The fourth-order valence-electron chi connectivity index (χ4n) is 2.91. The molecule has 4 atom stereocenters. The summed E-state index contributed by atoms with van der Waals surface area (Å²) in [5, 5.41) is 9.16. The number of rotatable bonds is 5. The van der Waals surface area contributed by atoms with Crippen molar-refractivity contribution >= 4 is 5.97 Å². The van der Waals surface area contributed by atoms with Gasteiger partial charge in [0, 0.05) is 13.5 Å². The fourth-order valence-corrected chi connectivity index (χ4v) is 2.91. The number of carboxylic acids is 1. The van der Waals surface area contributed by atoms with Crippen LogP contribution in [0.5, 0.6) is 0 Å². The molecular weight excluding hydrogens is 260 g/mol. The second kappa shape index (κ2) is 5.16. The maximum Gasteiger partial charge on any atom is 0.309 e. The molecule has 3 rings (SSSR count). The molecule has 1 aromatic carbocycles. The highest BCUT2D eigenvalue weighted by Crippen LogP contribution is 2.56. The molecule has 1 saturated heterocycles. The van der Waals surface area contributed by atoms with Gasteiger partial charge in [-0.25, -0.2) is 0 Å². The normalized spacial score (nSPS) is 35.4. The molecule has 1 saturated carbocycles. The van der Waals surface area contributed by atoms with E-state index in [1.807, 2.05) is 30.3 Å². The first kappa shape index (κ1) is 13.5. The lowest BCUT2D eigenvalue weighted by Crippen LogP contribution is -2.30. The van der Waals surface area contributed by atoms with E-state index in [4.69, 9.17) is 19.3 Å². The van der Waals surface area contributed by atoms with Crippen molar-refractivity contribution in [3.8, 4) is 0 Å². The Morgan fingerprint density at radius 3 is 2.80 bits per heavy atom. The van der Waals surface area contributed by atoms with E-state index in [0.29, 0.717) is 19.4 Å². The lowest BCUT2D eigenvalue weighted by atomic mass is 10.1. The number of hydrogen-bond acceptors (Lipinski definition) is 4. The number of hydrogen-bond donors (Lipinski definition) is 1. The van der Waals surface area contributed by atoms with Gasteiger partial charge in [-0.3, -0.25) is 4.79 Å². The van der Waals surface area contributed by atoms with E-state index < -0.39 is 17.5 Å². The van der Waals surface area contributed by atoms with Crippen LogP contribution in [0.4, 0.5) is 0 Å². The molecule has 1 aliphatic carbocycles. The van der Waals surface area contributed by atoms with Gasteiger partial charge in [-0.2, -0.15) is 0 Å². The molecule has 0 aromatic heterocycles. The Bertz CT molecular complexity index is 488. The number of carboxylic acid groups (broad SMARTS) is 1. The van der Waals surface area contributed by atoms with Crippen LogP contribution in [-0.2, 0) is 25.6 Å². The maximum absolute atomic E-state index is 11.2. The van der Waals surface area contributed by atoms with Crippen molar-refractivity contribution < 1.29 is 24.1 Å². The Morgan fingerprint density at radius 1 is 1.45 bits per heavy atom. The molecule has 2 aliphatic rings. The molecule has 108 valence electrons. The van der Waals surface area contributed by atoms with E-state index in [-0.39, 0.29) is 12.4 Å². The van der Waals surface area contributed by atoms with Crippen molar-refractivity contribution in [3.63, 3.8) is 0 Å². The zero-order valence-electron chi connectivity index (χ0n) is 11.3. The Balaban J connectivity index is 1.67. The molecule has 1 spiro atoms. The highest BCUT2D eigenvalue weighted by atomic mass is 16.7. The van der Waals surface area contributed by atoms with Gasteiger partial charge < -0.3 is 19.3 Å². The molecule has 0 bridgehead atoms. The van der Waals surface area contributed by atoms with Crippen molar-refractivity contribution in [1.29, 1.82) is 0 Å². The van der Waals surface area contributed by atoms with Crippen LogP contribution in [0.2, 0.25) is 0 Å². The van der Waals surface area contributed by atoms with Gasteiger partial charge in [0.15, 0.2) is 6.29 Å². The van der Waals surface area contributed by atoms with Gasteiger partial charge in [0.1, 0.15) is 5.60 Å². The molecule has 0 radical (unpaired) electrons. The summed E-state index contributed by atoms with van der Waals surface area (Å²) in [5.74, 6) is -1.31. The quantitative estimate of drug-likeness (QED) is 0.889. The average Bonchev–Trinajstić information content (AvgIpc) is 3.07. The van der Waals surface area contributed by atoms with Crippen molar-refractivity contribution in [2.24, 2.45) is 5.92 Å². The van der Waals surface area contributed by atoms with E-state index in [9.17, 15) is 4.79 Å². The summed E-state index contributed by atoms with van der Waals surface area (Å²) in [6.07, 6.45) is 0.475. The highest BCUT2D eigenvalue weighted by Gasteiger charge is 2.69.